The zero-order valence-electron chi connectivity index (χ0n) is 11.0. The molecular formula is C15H12BrN3OS. The molecule has 2 aromatic rings. The Morgan fingerprint density at radius 3 is 2.71 bits per heavy atom. The highest BCUT2D eigenvalue weighted by Crippen LogP contribution is 2.21. The van der Waals surface area contributed by atoms with Crippen molar-refractivity contribution in [2.24, 2.45) is 0 Å². The third-order valence-corrected chi connectivity index (χ3v) is 3.44. The van der Waals surface area contributed by atoms with E-state index in [0.717, 1.165) is 5.56 Å². The Morgan fingerprint density at radius 1 is 1.33 bits per heavy atom. The van der Waals surface area contributed by atoms with Crippen LogP contribution in [0.5, 0.6) is 0 Å². The van der Waals surface area contributed by atoms with Gasteiger partial charge in [-0.25, -0.2) is 4.98 Å². The summed E-state index contributed by atoms with van der Waals surface area (Å²) < 4.78 is 0.601. The Morgan fingerprint density at radius 2 is 2.05 bits per heavy atom. The van der Waals surface area contributed by atoms with Gasteiger partial charge in [0.25, 0.3) is 5.91 Å². The summed E-state index contributed by atoms with van der Waals surface area (Å²) in [6.45, 7) is 3.68. The van der Waals surface area contributed by atoms with Gasteiger partial charge in [-0.2, -0.15) is 0 Å². The minimum absolute atomic E-state index is 0.201. The lowest BCUT2D eigenvalue weighted by Gasteiger charge is -2.11. The second-order valence-electron chi connectivity index (χ2n) is 4.09. The van der Waals surface area contributed by atoms with Crippen molar-refractivity contribution in [1.82, 2.24) is 10.3 Å². The van der Waals surface area contributed by atoms with Crippen molar-refractivity contribution in [3.63, 3.8) is 0 Å². The fraction of sp³-hybridized carbons (Fsp3) is 0. The first-order valence-corrected chi connectivity index (χ1v) is 7.25. The third-order valence-electron chi connectivity index (χ3n) is 2.61. The lowest BCUT2D eigenvalue weighted by molar-refractivity contribution is 0.0978. The summed E-state index contributed by atoms with van der Waals surface area (Å²) in [6.07, 6.45) is 3.35. The average molecular weight is 362 g/mol. The number of carbonyl (C=O) groups excluding carboxylic acids is 1. The lowest BCUT2D eigenvalue weighted by atomic mass is 10.2. The topological polar surface area (TPSA) is 54.0 Å². The maximum absolute atomic E-state index is 12.0. The number of carbonyl (C=O) groups is 1. The fourth-order valence-electron chi connectivity index (χ4n) is 1.58. The van der Waals surface area contributed by atoms with Gasteiger partial charge < -0.3 is 5.32 Å². The molecular weight excluding hydrogens is 350 g/mol. The minimum Gasteiger partial charge on any atom is -0.330 e. The van der Waals surface area contributed by atoms with E-state index in [1.807, 2.05) is 12.1 Å². The third kappa shape index (κ3) is 4.21. The van der Waals surface area contributed by atoms with Crippen LogP contribution in [0.2, 0.25) is 0 Å². The number of anilines is 1. The van der Waals surface area contributed by atoms with Gasteiger partial charge in [0, 0.05) is 11.8 Å². The monoisotopic (exact) mass is 361 g/mol. The quantitative estimate of drug-likeness (QED) is 0.647. The van der Waals surface area contributed by atoms with Gasteiger partial charge in [-0.3, -0.25) is 10.1 Å². The number of aromatic nitrogens is 1. The predicted octanol–water partition coefficient (Wildman–Crippen LogP) is 3.61. The number of benzene rings is 1. The van der Waals surface area contributed by atoms with Gasteiger partial charge in [0.05, 0.1) is 5.69 Å². The average Bonchev–Trinajstić information content (AvgIpc) is 2.50. The van der Waals surface area contributed by atoms with Crippen molar-refractivity contribution >= 4 is 50.9 Å². The van der Waals surface area contributed by atoms with Crippen LogP contribution in [-0.2, 0) is 0 Å². The van der Waals surface area contributed by atoms with Crippen LogP contribution in [-0.4, -0.2) is 16.0 Å². The van der Waals surface area contributed by atoms with Crippen LogP contribution < -0.4 is 10.6 Å². The number of halogens is 1. The second kappa shape index (κ2) is 7.10. The van der Waals surface area contributed by atoms with Gasteiger partial charge in [0.2, 0.25) is 0 Å². The molecule has 1 heterocycles. The molecule has 0 aliphatic heterocycles. The van der Waals surface area contributed by atoms with E-state index in [-0.39, 0.29) is 11.0 Å². The van der Waals surface area contributed by atoms with Crippen LogP contribution >= 0.6 is 28.1 Å². The maximum Gasteiger partial charge on any atom is 0.257 e. The maximum atomic E-state index is 12.0. The van der Waals surface area contributed by atoms with Crippen LogP contribution in [0.3, 0.4) is 0 Å². The summed E-state index contributed by atoms with van der Waals surface area (Å²) >= 11 is 8.45. The van der Waals surface area contributed by atoms with E-state index in [0.29, 0.717) is 15.9 Å². The van der Waals surface area contributed by atoms with Crippen LogP contribution in [0.25, 0.3) is 6.08 Å². The Bertz CT molecular complexity index is 689. The molecule has 106 valence electrons. The number of amides is 1. The molecule has 4 nitrogen and oxygen atoms in total. The van der Waals surface area contributed by atoms with Crippen molar-refractivity contribution < 1.29 is 4.79 Å². The van der Waals surface area contributed by atoms with Crippen molar-refractivity contribution in [2.45, 2.75) is 0 Å². The van der Waals surface area contributed by atoms with E-state index in [1.54, 1.807) is 36.5 Å². The highest BCUT2D eigenvalue weighted by Gasteiger charge is 2.09. The van der Waals surface area contributed by atoms with E-state index < -0.39 is 0 Å². The van der Waals surface area contributed by atoms with Crippen LogP contribution in [0.4, 0.5) is 5.69 Å². The molecule has 0 fully saturated rings. The molecule has 0 aliphatic carbocycles. The van der Waals surface area contributed by atoms with Gasteiger partial charge >= 0.3 is 0 Å². The Hall–Kier alpha value is -2.05. The van der Waals surface area contributed by atoms with Gasteiger partial charge in [-0.1, -0.05) is 30.9 Å². The summed E-state index contributed by atoms with van der Waals surface area (Å²) in [4.78, 5) is 16.1. The smallest absolute Gasteiger partial charge is 0.257 e. The molecule has 0 unspecified atom stereocenters. The molecule has 6 heteroatoms. The predicted molar refractivity (Wildman–Crippen MR) is 92.2 cm³/mol. The molecule has 0 saturated heterocycles. The van der Waals surface area contributed by atoms with Gasteiger partial charge in [0.15, 0.2) is 5.11 Å². The van der Waals surface area contributed by atoms with Gasteiger partial charge in [0.1, 0.15) is 4.60 Å². The number of rotatable bonds is 3. The molecule has 2 rings (SSSR count). The van der Waals surface area contributed by atoms with Crippen molar-refractivity contribution in [3.05, 3.63) is 64.9 Å². The standard InChI is InChI=1S/C15H12BrN3OS/c1-2-10-8-12(13(16)17-9-10)18-15(21)19-14(20)11-6-4-3-5-7-11/h2-9H,1H2,(H2,18,19,20,21). The highest BCUT2D eigenvalue weighted by atomic mass is 79.9. The Labute approximate surface area is 136 Å². The van der Waals surface area contributed by atoms with E-state index in [9.17, 15) is 4.79 Å². The SMILES string of the molecule is C=Cc1cnc(Br)c(NC(=S)NC(=O)c2ccccc2)c1. The first kappa shape index (κ1) is 15.3. The number of nitrogens with one attached hydrogen (secondary N) is 2. The van der Waals surface area contributed by atoms with Crippen LogP contribution in [0.15, 0.2) is 53.8 Å². The molecule has 1 amide bonds. The van der Waals surface area contributed by atoms with Crippen molar-refractivity contribution in [3.8, 4) is 0 Å². The molecule has 2 N–H and O–H groups in total. The van der Waals surface area contributed by atoms with Gasteiger partial charge in [-0.15, -0.1) is 0 Å². The molecule has 0 atom stereocenters. The van der Waals surface area contributed by atoms with Crippen molar-refractivity contribution in [2.75, 3.05) is 5.32 Å². The largest absolute Gasteiger partial charge is 0.330 e. The fourth-order valence-corrected chi connectivity index (χ4v) is 2.10. The van der Waals surface area contributed by atoms with Crippen LogP contribution in [0, 0.1) is 0 Å². The first-order chi connectivity index (χ1) is 10.1. The normalized spacial score (nSPS) is 9.76. The first-order valence-electron chi connectivity index (χ1n) is 6.05. The lowest BCUT2D eigenvalue weighted by Crippen LogP contribution is -2.34. The molecule has 0 radical (unpaired) electrons. The number of thiocarbonyl (C=S) groups is 1. The number of hydrogen-bond acceptors (Lipinski definition) is 3. The van der Waals surface area contributed by atoms with Gasteiger partial charge in [-0.05, 0) is 51.9 Å². The summed E-state index contributed by atoms with van der Waals surface area (Å²) in [5.41, 5.74) is 2.04. The number of nitrogens with zero attached hydrogens (tertiary/aromatic N) is 1. The van der Waals surface area contributed by atoms with E-state index in [4.69, 9.17) is 12.2 Å². The molecule has 0 aliphatic rings. The highest BCUT2D eigenvalue weighted by molar-refractivity contribution is 9.10. The Balaban J connectivity index is 2.05. The summed E-state index contributed by atoms with van der Waals surface area (Å²) in [5, 5.41) is 5.75. The minimum atomic E-state index is -0.267. The van der Waals surface area contributed by atoms with E-state index in [2.05, 4.69) is 38.1 Å². The zero-order chi connectivity index (χ0) is 15.2. The van der Waals surface area contributed by atoms with E-state index >= 15 is 0 Å². The molecule has 21 heavy (non-hydrogen) atoms. The molecule has 1 aromatic carbocycles. The molecule has 0 saturated carbocycles. The van der Waals surface area contributed by atoms with Crippen molar-refractivity contribution in [1.29, 1.82) is 0 Å². The molecule has 1 aromatic heterocycles. The van der Waals surface area contributed by atoms with Crippen LogP contribution in [0.1, 0.15) is 15.9 Å². The summed E-state index contributed by atoms with van der Waals surface area (Å²) in [6, 6.07) is 10.7. The summed E-state index contributed by atoms with van der Waals surface area (Å²) in [7, 11) is 0. The molecule has 0 spiro atoms. The zero-order valence-corrected chi connectivity index (χ0v) is 13.4. The molecule has 0 bridgehead atoms. The number of hydrogen-bond donors (Lipinski definition) is 2. The Kier molecular flexibility index (Phi) is 5.19. The second-order valence-corrected chi connectivity index (χ2v) is 5.24. The van der Waals surface area contributed by atoms with E-state index in [1.165, 1.54) is 0 Å². The number of pyridine rings is 1. The summed E-state index contributed by atoms with van der Waals surface area (Å²) in [5.74, 6) is -0.267.